The molecule has 5 amide bonds. The number of carbonyl (C=O) groups is 4. The smallest absolute Gasteiger partial charge is 0.335 e. The Kier molecular flexibility index (Phi) is 6.97. The summed E-state index contributed by atoms with van der Waals surface area (Å²) >= 11 is 1.21. The highest BCUT2D eigenvalue weighted by atomic mass is 32.2. The zero-order valence-electron chi connectivity index (χ0n) is 19.1. The highest BCUT2D eigenvalue weighted by Crippen LogP contribution is 2.37. The molecule has 1 unspecified atom stereocenters. The van der Waals surface area contributed by atoms with Crippen molar-refractivity contribution in [3.05, 3.63) is 76.3 Å². The number of urea groups is 2. The van der Waals surface area contributed by atoms with Crippen molar-refractivity contribution in [1.29, 1.82) is 0 Å². The van der Waals surface area contributed by atoms with Gasteiger partial charge in [0.15, 0.2) is 5.50 Å². The number of hydrogen-bond acceptors (Lipinski definition) is 6. The van der Waals surface area contributed by atoms with Gasteiger partial charge in [0.05, 0.1) is 20.1 Å². The van der Waals surface area contributed by atoms with E-state index in [0.29, 0.717) is 16.9 Å². The number of nitrogens with zero attached hydrogens (tertiary/aromatic N) is 3. The molecule has 10 nitrogen and oxygen atoms in total. The highest BCUT2D eigenvalue weighted by Gasteiger charge is 2.48. The maximum atomic E-state index is 13.3. The van der Waals surface area contributed by atoms with E-state index in [9.17, 15) is 19.2 Å². The highest BCUT2D eigenvalue weighted by molar-refractivity contribution is 8.03. The minimum Gasteiger partial charge on any atom is -0.497 e. The molecule has 1 saturated heterocycles. The first-order valence-electron chi connectivity index (χ1n) is 10.7. The van der Waals surface area contributed by atoms with Gasteiger partial charge >= 0.3 is 18.0 Å². The first kappa shape index (κ1) is 24.1. The summed E-state index contributed by atoms with van der Waals surface area (Å²) < 4.78 is 5.20. The van der Waals surface area contributed by atoms with E-state index in [-0.39, 0.29) is 25.2 Å². The molecule has 35 heavy (non-hydrogen) atoms. The summed E-state index contributed by atoms with van der Waals surface area (Å²) in [7, 11) is 3.14. The van der Waals surface area contributed by atoms with E-state index < -0.39 is 29.4 Å². The van der Waals surface area contributed by atoms with Crippen LogP contribution in [-0.4, -0.2) is 63.4 Å². The summed E-state index contributed by atoms with van der Waals surface area (Å²) in [5, 5.41) is 13.3. The number of carbonyl (C=O) groups excluding carboxylic acids is 3. The number of fused-ring (bicyclic) bond motifs is 1. The van der Waals surface area contributed by atoms with Crippen molar-refractivity contribution in [2.24, 2.45) is 0 Å². The molecule has 0 aromatic heterocycles. The van der Waals surface area contributed by atoms with Crippen LogP contribution in [-0.2, 0) is 29.1 Å². The summed E-state index contributed by atoms with van der Waals surface area (Å²) in [6.45, 7) is 0.230. The fourth-order valence-corrected chi connectivity index (χ4v) is 4.86. The van der Waals surface area contributed by atoms with Crippen molar-refractivity contribution in [2.75, 3.05) is 14.2 Å². The standard InChI is InChI=1S/C24H24N4O6S/c1-26-22(32)27(13-16-8-6-15(7-9-16)11-20(29)30)23(33)28-19(14-35-24(26)28)21(31)25-12-17-4-3-5-18(10-17)34-2/h3-10,14,24H,11-13H2,1-2H3,(H,25,31)(H,29,30). The van der Waals surface area contributed by atoms with Crippen LogP contribution in [0.3, 0.4) is 0 Å². The number of ether oxygens (including phenoxy) is 1. The molecule has 0 bridgehead atoms. The van der Waals surface area contributed by atoms with Crippen LogP contribution in [0, 0.1) is 0 Å². The first-order chi connectivity index (χ1) is 16.8. The molecule has 1 atom stereocenters. The average Bonchev–Trinajstić information content (AvgIpc) is 3.30. The number of nitrogens with one attached hydrogen (secondary N) is 1. The number of aliphatic carboxylic acids is 1. The molecule has 2 N–H and O–H groups in total. The maximum absolute atomic E-state index is 13.3. The third-order valence-corrected chi connectivity index (χ3v) is 6.75. The van der Waals surface area contributed by atoms with Gasteiger partial charge in [-0.15, -0.1) is 0 Å². The summed E-state index contributed by atoms with van der Waals surface area (Å²) in [6.07, 6.45) is -0.115. The van der Waals surface area contributed by atoms with E-state index in [1.807, 2.05) is 18.2 Å². The summed E-state index contributed by atoms with van der Waals surface area (Å²) in [6, 6.07) is 12.9. The molecule has 0 aliphatic carbocycles. The number of amides is 5. The lowest BCUT2D eigenvalue weighted by atomic mass is 10.1. The number of imide groups is 1. The molecule has 0 radical (unpaired) electrons. The van der Waals surface area contributed by atoms with Crippen LogP contribution in [0.25, 0.3) is 0 Å². The van der Waals surface area contributed by atoms with Crippen molar-refractivity contribution >= 4 is 35.7 Å². The Bertz CT molecular complexity index is 1200. The van der Waals surface area contributed by atoms with Crippen LogP contribution >= 0.6 is 11.8 Å². The van der Waals surface area contributed by atoms with Crippen LogP contribution in [0.2, 0.25) is 0 Å². The first-order valence-corrected chi connectivity index (χ1v) is 11.7. The van der Waals surface area contributed by atoms with Gasteiger partial charge in [-0.05, 0) is 28.8 Å². The summed E-state index contributed by atoms with van der Waals surface area (Å²) in [5.74, 6) is -0.704. The van der Waals surface area contributed by atoms with Gasteiger partial charge in [-0.25, -0.2) is 14.5 Å². The minimum absolute atomic E-state index is 0.0120. The Labute approximate surface area is 206 Å². The molecule has 2 heterocycles. The van der Waals surface area contributed by atoms with Gasteiger partial charge in [-0.3, -0.25) is 19.4 Å². The van der Waals surface area contributed by atoms with Crippen LogP contribution < -0.4 is 10.1 Å². The Balaban J connectivity index is 1.47. The van der Waals surface area contributed by atoms with Gasteiger partial charge in [-0.1, -0.05) is 48.2 Å². The number of thioether (sulfide) groups is 1. The topological polar surface area (TPSA) is 119 Å². The molecule has 4 rings (SSSR count). The number of carboxylic acid groups (broad SMARTS) is 1. The Morgan fingerprint density at radius 3 is 2.46 bits per heavy atom. The van der Waals surface area contributed by atoms with Gasteiger partial charge in [0.2, 0.25) is 0 Å². The molecule has 0 saturated carbocycles. The van der Waals surface area contributed by atoms with Gasteiger partial charge < -0.3 is 15.2 Å². The van der Waals surface area contributed by atoms with E-state index in [1.165, 1.54) is 21.6 Å². The number of rotatable bonds is 8. The van der Waals surface area contributed by atoms with E-state index in [4.69, 9.17) is 9.84 Å². The molecule has 1 fully saturated rings. The lowest BCUT2D eigenvalue weighted by molar-refractivity contribution is -0.136. The van der Waals surface area contributed by atoms with Crippen LogP contribution in [0.15, 0.2) is 59.6 Å². The van der Waals surface area contributed by atoms with Crippen molar-refractivity contribution in [2.45, 2.75) is 25.0 Å². The summed E-state index contributed by atoms with van der Waals surface area (Å²) in [4.78, 5) is 53.9. The van der Waals surface area contributed by atoms with Crippen molar-refractivity contribution in [1.82, 2.24) is 20.0 Å². The Morgan fingerprint density at radius 2 is 1.77 bits per heavy atom. The SMILES string of the molecule is COc1cccc(CNC(=O)C2=CSC3N(C)C(=O)N(Cc4ccc(CC(=O)O)cc4)C(=O)N23)c1. The summed E-state index contributed by atoms with van der Waals surface area (Å²) in [5.41, 5.74) is 1.62. The molecule has 2 aromatic carbocycles. The normalized spacial score (nSPS) is 17.3. The predicted molar refractivity (Wildman–Crippen MR) is 128 cm³/mol. The fourth-order valence-electron chi connectivity index (χ4n) is 3.79. The third-order valence-electron chi connectivity index (χ3n) is 5.62. The fraction of sp³-hybridized carbons (Fsp3) is 0.250. The number of carboxylic acids is 1. The van der Waals surface area contributed by atoms with E-state index in [2.05, 4.69) is 5.32 Å². The van der Waals surface area contributed by atoms with E-state index in [0.717, 1.165) is 10.5 Å². The monoisotopic (exact) mass is 496 g/mol. The Hall–Kier alpha value is -3.99. The van der Waals surface area contributed by atoms with E-state index in [1.54, 1.807) is 49.9 Å². The molecular formula is C24H24N4O6S. The third kappa shape index (κ3) is 5.09. The molecular weight excluding hydrogens is 472 g/mol. The second-order valence-electron chi connectivity index (χ2n) is 8.02. The zero-order chi connectivity index (χ0) is 25.1. The second kappa shape index (κ2) is 10.1. The molecule has 182 valence electrons. The molecule has 2 aliphatic rings. The second-order valence-corrected chi connectivity index (χ2v) is 8.95. The lowest BCUT2D eigenvalue weighted by Crippen LogP contribution is -2.62. The average molecular weight is 497 g/mol. The van der Waals surface area contributed by atoms with Crippen LogP contribution in [0.4, 0.5) is 9.59 Å². The molecule has 11 heteroatoms. The maximum Gasteiger partial charge on any atom is 0.335 e. The lowest BCUT2D eigenvalue weighted by Gasteiger charge is -2.42. The van der Waals surface area contributed by atoms with Gasteiger partial charge in [0.25, 0.3) is 5.91 Å². The number of hydrogen-bond donors (Lipinski definition) is 2. The van der Waals surface area contributed by atoms with Gasteiger partial charge in [0.1, 0.15) is 11.4 Å². The minimum atomic E-state index is -0.942. The van der Waals surface area contributed by atoms with Crippen LogP contribution in [0.1, 0.15) is 16.7 Å². The number of benzene rings is 2. The predicted octanol–water partition coefficient (Wildman–Crippen LogP) is 2.80. The van der Waals surface area contributed by atoms with Gasteiger partial charge in [-0.2, -0.15) is 0 Å². The van der Waals surface area contributed by atoms with Crippen LogP contribution in [0.5, 0.6) is 5.75 Å². The van der Waals surface area contributed by atoms with Crippen molar-refractivity contribution in [3.8, 4) is 5.75 Å². The molecule has 2 aliphatic heterocycles. The van der Waals surface area contributed by atoms with Crippen molar-refractivity contribution in [3.63, 3.8) is 0 Å². The molecule has 2 aromatic rings. The number of methoxy groups -OCH3 is 1. The van der Waals surface area contributed by atoms with E-state index >= 15 is 0 Å². The quantitative estimate of drug-likeness (QED) is 0.577. The molecule has 0 spiro atoms. The Morgan fingerprint density at radius 1 is 1.06 bits per heavy atom. The van der Waals surface area contributed by atoms with Gasteiger partial charge in [0, 0.05) is 19.0 Å². The largest absolute Gasteiger partial charge is 0.497 e. The zero-order valence-corrected chi connectivity index (χ0v) is 19.9. The van der Waals surface area contributed by atoms with Crippen molar-refractivity contribution < 1.29 is 29.0 Å².